The van der Waals surface area contributed by atoms with Gasteiger partial charge < -0.3 is 10.6 Å². The Morgan fingerprint density at radius 2 is 2.00 bits per heavy atom. The number of amides is 1. The molecule has 0 saturated heterocycles. The van der Waals surface area contributed by atoms with Gasteiger partial charge in [0.05, 0.1) is 0 Å². The van der Waals surface area contributed by atoms with Crippen LogP contribution in [0.2, 0.25) is 0 Å². The van der Waals surface area contributed by atoms with E-state index in [1.165, 1.54) is 45.4 Å². The van der Waals surface area contributed by atoms with Crippen LogP contribution in [0.25, 0.3) is 0 Å². The van der Waals surface area contributed by atoms with E-state index in [2.05, 4.69) is 16.7 Å². The smallest absolute Gasteiger partial charge is 0.221 e. The van der Waals surface area contributed by atoms with Crippen LogP contribution < -0.4 is 10.6 Å². The summed E-state index contributed by atoms with van der Waals surface area (Å²) in [7, 11) is 0. The maximum Gasteiger partial charge on any atom is 0.221 e. The van der Waals surface area contributed by atoms with Gasteiger partial charge in [-0.2, -0.15) is 0 Å². The lowest BCUT2D eigenvalue weighted by Gasteiger charge is -2.21. The molecule has 0 aliphatic heterocycles. The molecule has 1 saturated carbocycles. The normalized spacial score (nSPS) is 15.9. The van der Waals surface area contributed by atoms with E-state index in [-0.39, 0.29) is 5.91 Å². The molecule has 1 aliphatic rings. The van der Waals surface area contributed by atoms with Gasteiger partial charge in [0.15, 0.2) is 0 Å². The molecule has 3 nitrogen and oxygen atoms in total. The lowest BCUT2D eigenvalue weighted by atomic mass is 9.87. The van der Waals surface area contributed by atoms with E-state index < -0.39 is 0 Å². The minimum Gasteiger partial charge on any atom is -0.385 e. The quantitative estimate of drug-likeness (QED) is 0.838. The first-order valence-corrected chi connectivity index (χ1v) is 7.77. The zero-order valence-electron chi connectivity index (χ0n) is 12.7. The number of hydrogen-bond acceptors (Lipinski definition) is 2. The van der Waals surface area contributed by atoms with Gasteiger partial charge in [-0.25, -0.2) is 0 Å². The molecule has 1 fully saturated rings. The van der Waals surface area contributed by atoms with Crippen LogP contribution in [0.1, 0.15) is 51.0 Å². The summed E-state index contributed by atoms with van der Waals surface area (Å²) in [6.07, 6.45) is 8.33. The molecular formula is C17H26N2O. The van der Waals surface area contributed by atoms with Crippen LogP contribution in [0, 0.1) is 12.8 Å². The SMILES string of the molecule is CC(=O)Nc1ccc(NCCC2CCCCC2)cc1C. The molecule has 2 rings (SSSR count). The molecule has 0 aromatic heterocycles. The molecule has 110 valence electrons. The Morgan fingerprint density at radius 3 is 2.65 bits per heavy atom. The van der Waals surface area contributed by atoms with Crippen molar-refractivity contribution in [2.45, 2.75) is 52.4 Å². The molecule has 20 heavy (non-hydrogen) atoms. The van der Waals surface area contributed by atoms with Crippen molar-refractivity contribution in [1.29, 1.82) is 0 Å². The first-order chi connectivity index (χ1) is 9.65. The van der Waals surface area contributed by atoms with Gasteiger partial charge in [0.2, 0.25) is 5.91 Å². The maximum atomic E-state index is 11.1. The van der Waals surface area contributed by atoms with E-state index in [0.29, 0.717) is 0 Å². The van der Waals surface area contributed by atoms with E-state index in [1.807, 2.05) is 19.1 Å². The van der Waals surface area contributed by atoms with Crippen LogP contribution in [0.4, 0.5) is 11.4 Å². The molecule has 0 atom stereocenters. The molecule has 1 aliphatic carbocycles. The van der Waals surface area contributed by atoms with Crippen molar-refractivity contribution in [2.75, 3.05) is 17.2 Å². The number of benzene rings is 1. The van der Waals surface area contributed by atoms with Gasteiger partial charge in [-0.1, -0.05) is 32.1 Å². The minimum atomic E-state index is -0.0221. The number of hydrogen-bond donors (Lipinski definition) is 2. The van der Waals surface area contributed by atoms with Crippen LogP contribution in [-0.2, 0) is 4.79 Å². The van der Waals surface area contributed by atoms with Gasteiger partial charge in [-0.15, -0.1) is 0 Å². The Kier molecular flexibility index (Phi) is 5.45. The Labute approximate surface area is 122 Å². The molecule has 1 aromatic carbocycles. The molecule has 0 unspecified atom stereocenters. The summed E-state index contributed by atoms with van der Waals surface area (Å²) in [5, 5.41) is 6.34. The molecule has 0 radical (unpaired) electrons. The second-order valence-corrected chi connectivity index (χ2v) is 5.93. The summed E-state index contributed by atoms with van der Waals surface area (Å²) in [5.41, 5.74) is 3.14. The van der Waals surface area contributed by atoms with Gasteiger partial charge in [0.1, 0.15) is 0 Å². The third kappa shape index (κ3) is 4.55. The third-order valence-corrected chi connectivity index (χ3v) is 4.14. The van der Waals surface area contributed by atoms with Crippen molar-refractivity contribution in [2.24, 2.45) is 5.92 Å². The Morgan fingerprint density at radius 1 is 1.25 bits per heavy atom. The second kappa shape index (κ2) is 7.32. The number of nitrogens with one attached hydrogen (secondary N) is 2. The predicted molar refractivity (Wildman–Crippen MR) is 85.2 cm³/mol. The monoisotopic (exact) mass is 274 g/mol. The van der Waals surface area contributed by atoms with Gasteiger partial charge in [0.25, 0.3) is 0 Å². The van der Waals surface area contributed by atoms with E-state index in [1.54, 1.807) is 0 Å². The van der Waals surface area contributed by atoms with Crippen molar-refractivity contribution >= 4 is 17.3 Å². The van der Waals surface area contributed by atoms with Gasteiger partial charge in [-0.3, -0.25) is 4.79 Å². The van der Waals surface area contributed by atoms with Crippen molar-refractivity contribution in [1.82, 2.24) is 0 Å². The molecule has 1 amide bonds. The van der Waals surface area contributed by atoms with Crippen LogP contribution in [-0.4, -0.2) is 12.5 Å². The summed E-state index contributed by atoms with van der Waals surface area (Å²) in [5.74, 6) is 0.891. The van der Waals surface area contributed by atoms with Crippen molar-refractivity contribution in [3.05, 3.63) is 23.8 Å². The lowest BCUT2D eigenvalue weighted by molar-refractivity contribution is -0.114. The molecule has 1 aromatic rings. The number of rotatable bonds is 5. The largest absolute Gasteiger partial charge is 0.385 e. The number of carbonyl (C=O) groups excluding carboxylic acids is 1. The highest BCUT2D eigenvalue weighted by molar-refractivity contribution is 5.89. The summed E-state index contributed by atoms with van der Waals surface area (Å²) in [6, 6.07) is 6.12. The highest BCUT2D eigenvalue weighted by Crippen LogP contribution is 2.26. The molecular weight excluding hydrogens is 248 g/mol. The van der Waals surface area contributed by atoms with E-state index in [0.717, 1.165) is 29.4 Å². The van der Waals surface area contributed by atoms with Crippen LogP contribution in [0.15, 0.2) is 18.2 Å². The third-order valence-electron chi connectivity index (χ3n) is 4.14. The molecule has 0 bridgehead atoms. The fraction of sp³-hybridized carbons (Fsp3) is 0.588. The van der Waals surface area contributed by atoms with Gasteiger partial charge in [-0.05, 0) is 43.0 Å². The standard InChI is InChI=1S/C17H26N2O/c1-13-12-16(8-9-17(13)19-14(2)20)18-11-10-15-6-4-3-5-7-15/h8-9,12,15,18H,3-7,10-11H2,1-2H3,(H,19,20). The Hall–Kier alpha value is -1.51. The topological polar surface area (TPSA) is 41.1 Å². The highest BCUT2D eigenvalue weighted by atomic mass is 16.1. The van der Waals surface area contributed by atoms with Crippen LogP contribution in [0.3, 0.4) is 0 Å². The van der Waals surface area contributed by atoms with Gasteiger partial charge in [0, 0.05) is 24.8 Å². The fourth-order valence-electron chi connectivity index (χ4n) is 3.00. The van der Waals surface area contributed by atoms with E-state index in [4.69, 9.17) is 0 Å². The second-order valence-electron chi connectivity index (χ2n) is 5.93. The van der Waals surface area contributed by atoms with Crippen LogP contribution >= 0.6 is 0 Å². The Bertz CT molecular complexity index is 450. The molecule has 2 N–H and O–H groups in total. The number of anilines is 2. The van der Waals surface area contributed by atoms with E-state index >= 15 is 0 Å². The average molecular weight is 274 g/mol. The van der Waals surface area contributed by atoms with Crippen LogP contribution in [0.5, 0.6) is 0 Å². The summed E-state index contributed by atoms with van der Waals surface area (Å²) >= 11 is 0. The fourth-order valence-corrected chi connectivity index (χ4v) is 3.00. The summed E-state index contributed by atoms with van der Waals surface area (Å²) < 4.78 is 0. The zero-order valence-corrected chi connectivity index (χ0v) is 12.7. The maximum absolute atomic E-state index is 11.1. The average Bonchev–Trinajstić information content (AvgIpc) is 2.43. The molecule has 0 heterocycles. The van der Waals surface area contributed by atoms with Crippen molar-refractivity contribution < 1.29 is 4.79 Å². The lowest BCUT2D eigenvalue weighted by Crippen LogP contribution is -2.12. The molecule has 3 heteroatoms. The van der Waals surface area contributed by atoms with Crippen molar-refractivity contribution in [3.8, 4) is 0 Å². The highest BCUT2D eigenvalue weighted by Gasteiger charge is 2.12. The minimum absolute atomic E-state index is 0.0221. The van der Waals surface area contributed by atoms with Crippen molar-refractivity contribution in [3.63, 3.8) is 0 Å². The summed E-state index contributed by atoms with van der Waals surface area (Å²) in [6.45, 7) is 4.61. The molecule has 0 spiro atoms. The number of aryl methyl sites for hydroxylation is 1. The Balaban J connectivity index is 1.80. The zero-order chi connectivity index (χ0) is 14.4. The number of carbonyl (C=O) groups is 1. The van der Waals surface area contributed by atoms with E-state index in [9.17, 15) is 4.79 Å². The predicted octanol–water partition coefficient (Wildman–Crippen LogP) is 4.34. The summed E-state index contributed by atoms with van der Waals surface area (Å²) in [4.78, 5) is 11.1. The first-order valence-electron chi connectivity index (χ1n) is 7.77. The first kappa shape index (κ1) is 14.9. The van der Waals surface area contributed by atoms with Gasteiger partial charge >= 0.3 is 0 Å².